The van der Waals surface area contributed by atoms with Crippen molar-refractivity contribution in [1.82, 2.24) is 5.32 Å². The van der Waals surface area contributed by atoms with E-state index in [1.54, 1.807) is 0 Å². The van der Waals surface area contributed by atoms with Gasteiger partial charge < -0.3 is 10.1 Å². The van der Waals surface area contributed by atoms with Crippen molar-refractivity contribution < 1.29 is 9.53 Å². The van der Waals surface area contributed by atoms with Gasteiger partial charge >= 0.3 is 6.09 Å². The van der Waals surface area contributed by atoms with Gasteiger partial charge in [0.1, 0.15) is 0 Å². The summed E-state index contributed by atoms with van der Waals surface area (Å²) in [6, 6.07) is 10.3. The molecule has 0 aliphatic heterocycles. The highest BCUT2D eigenvalue weighted by molar-refractivity contribution is 5.66. The van der Waals surface area contributed by atoms with Crippen LogP contribution in [-0.4, -0.2) is 19.2 Å². The summed E-state index contributed by atoms with van der Waals surface area (Å²) >= 11 is 0. The number of aryl methyl sites for hydroxylation is 1. The Hall–Kier alpha value is -1.51. The minimum atomic E-state index is -0.339. The Morgan fingerprint density at radius 2 is 2.00 bits per heavy atom. The molecule has 0 aliphatic rings. The van der Waals surface area contributed by atoms with Gasteiger partial charge in [0.05, 0.1) is 6.61 Å². The van der Waals surface area contributed by atoms with Crippen LogP contribution in [0.4, 0.5) is 4.79 Å². The molecule has 0 heterocycles. The van der Waals surface area contributed by atoms with Crippen LogP contribution in [0.15, 0.2) is 30.3 Å². The van der Waals surface area contributed by atoms with Gasteiger partial charge in [0.25, 0.3) is 0 Å². The lowest BCUT2D eigenvalue weighted by Crippen LogP contribution is -2.25. The Balaban J connectivity index is 1.99. The van der Waals surface area contributed by atoms with Gasteiger partial charge in [-0.3, -0.25) is 0 Å². The molecule has 0 fully saturated rings. The second-order valence-corrected chi connectivity index (χ2v) is 3.86. The van der Waals surface area contributed by atoms with E-state index in [1.165, 1.54) is 5.56 Å². The third-order valence-corrected chi connectivity index (χ3v) is 2.38. The zero-order chi connectivity index (χ0) is 12.3. The highest BCUT2D eigenvalue weighted by Crippen LogP contribution is 2.04. The first-order valence-corrected chi connectivity index (χ1v) is 6.06. The predicted molar refractivity (Wildman–Crippen MR) is 68.7 cm³/mol. The summed E-state index contributed by atoms with van der Waals surface area (Å²) in [5.74, 6) is 0. The number of nitrogens with one attached hydrogen (secondary N) is 1. The van der Waals surface area contributed by atoms with Gasteiger partial charge in [0, 0.05) is 6.54 Å². The Bertz CT molecular complexity index is 311. The molecule has 0 saturated heterocycles. The average Bonchev–Trinajstić information content (AvgIpc) is 2.37. The smallest absolute Gasteiger partial charge is 0.407 e. The summed E-state index contributed by atoms with van der Waals surface area (Å²) in [6.45, 7) is 4.68. The highest BCUT2D eigenvalue weighted by Gasteiger charge is 1.99. The zero-order valence-electron chi connectivity index (χ0n) is 10.2. The van der Waals surface area contributed by atoms with Crippen LogP contribution < -0.4 is 5.32 Å². The SMILES string of the molecule is [CH2]CCNC(=O)OCCCCc1ccccc1. The standard InChI is InChI=1S/C14H20NO2/c1-2-11-15-14(16)17-12-7-6-10-13-8-4-3-5-9-13/h3-5,8-9H,1-2,6-7,10-12H2,(H,15,16). The molecule has 1 N–H and O–H groups in total. The third kappa shape index (κ3) is 6.61. The molecule has 0 atom stereocenters. The summed E-state index contributed by atoms with van der Waals surface area (Å²) in [4.78, 5) is 11.1. The van der Waals surface area contributed by atoms with Crippen molar-refractivity contribution in [3.8, 4) is 0 Å². The van der Waals surface area contributed by atoms with Crippen LogP contribution in [0.3, 0.4) is 0 Å². The van der Waals surface area contributed by atoms with Crippen molar-refractivity contribution in [1.29, 1.82) is 0 Å². The molecule has 1 rings (SSSR count). The molecule has 0 bridgehead atoms. The fourth-order valence-electron chi connectivity index (χ4n) is 1.48. The third-order valence-electron chi connectivity index (χ3n) is 2.38. The van der Waals surface area contributed by atoms with Gasteiger partial charge in [0.2, 0.25) is 0 Å². The highest BCUT2D eigenvalue weighted by atomic mass is 16.5. The van der Waals surface area contributed by atoms with Gasteiger partial charge in [-0.25, -0.2) is 4.79 Å². The quantitative estimate of drug-likeness (QED) is 0.737. The zero-order valence-corrected chi connectivity index (χ0v) is 10.2. The van der Waals surface area contributed by atoms with Gasteiger partial charge in [0.15, 0.2) is 0 Å². The summed E-state index contributed by atoms with van der Waals surface area (Å²) in [7, 11) is 0. The lowest BCUT2D eigenvalue weighted by Gasteiger charge is -2.05. The van der Waals surface area contributed by atoms with Crippen LogP contribution in [0.5, 0.6) is 0 Å². The van der Waals surface area contributed by atoms with E-state index in [2.05, 4.69) is 24.4 Å². The van der Waals surface area contributed by atoms with E-state index in [-0.39, 0.29) is 6.09 Å². The van der Waals surface area contributed by atoms with E-state index in [4.69, 9.17) is 4.74 Å². The van der Waals surface area contributed by atoms with Crippen molar-refractivity contribution in [2.24, 2.45) is 0 Å². The number of amides is 1. The minimum absolute atomic E-state index is 0.339. The van der Waals surface area contributed by atoms with E-state index in [0.717, 1.165) is 19.3 Å². The summed E-state index contributed by atoms with van der Waals surface area (Å²) in [6.07, 6.45) is 3.31. The van der Waals surface area contributed by atoms with Crippen molar-refractivity contribution in [2.45, 2.75) is 25.7 Å². The predicted octanol–water partition coefficient (Wildman–Crippen LogP) is 2.96. The lowest BCUT2D eigenvalue weighted by molar-refractivity contribution is 0.144. The number of benzene rings is 1. The van der Waals surface area contributed by atoms with Gasteiger partial charge in [-0.2, -0.15) is 0 Å². The maximum atomic E-state index is 11.1. The van der Waals surface area contributed by atoms with E-state index in [0.29, 0.717) is 19.6 Å². The molecule has 0 unspecified atom stereocenters. The number of carbonyl (C=O) groups is 1. The number of rotatable bonds is 7. The molecule has 17 heavy (non-hydrogen) atoms. The molecular formula is C14H20NO2. The first-order chi connectivity index (χ1) is 8.33. The Kier molecular flexibility index (Phi) is 6.87. The largest absolute Gasteiger partial charge is 0.450 e. The number of ether oxygens (including phenoxy) is 1. The van der Waals surface area contributed by atoms with E-state index >= 15 is 0 Å². The average molecular weight is 234 g/mol. The molecule has 0 spiro atoms. The number of alkyl carbamates (subject to hydrolysis) is 1. The van der Waals surface area contributed by atoms with Gasteiger partial charge in [-0.05, 0) is 31.2 Å². The maximum Gasteiger partial charge on any atom is 0.407 e. The number of hydrogen-bond acceptors (Lipinski definition) is 2. The topological polar surface area (TPSA) is 38.3 Å². The van der Waals surface area contributed by atoms with Gasteiger partial charge in [-0.15, -0.1) is 0 Å². The minimum Gasteiger partial charge on any atom is -0.450 e. The summed E-state index contributed by atoms with van der Waals surface area (Å²) in [5.41, 5.74) is 1.33. The normalized spacial score (nSPS) is 9.94. The first kappa shape index (κ1) is 13.6. The Morgan fingerprint density at radius 3 is 2.71 bits per heavy atom. The number of unbranched alkanes of at least 4 members (excludes halogenated alkanes) is 1. The van der Waals surface area contributed by atoms with E-state index in [9.17, 15) is 4.79 Å². The molecule has 0 aliphatic carbocycles. The maximum absolute atomic E-state index is 11.1. The fraction of sp³-hybridized carbons (Fsp3) is 0.429. The molecule has 0 aromatic heterocycles. The molecule has 1 aromatic rings. The Morgan fingerprint density at radius 1 is 1.24 bits per heavy atom. The molecular weight excluding hydrogens is 214 g/mol. The van der Waals surface area contributed by atoms with Crippen LogP contribution in [0.2, 0.25) is 0 Å². The van der Waals surface area contributed by atoms with Crippen LogP contribution in [0.25, 0.3) is 0 Å². The monoisotopic (exact) mass is 234 g/mol. The van der Waals surface area contributed by atoms with Crippen molar-refractivity contribution in [2.75, 3.05) is 13.2 Å². The van der Waals surface area contributed by atoms with E-state index in [1.807, 2.05) is 18.2 Å². The summed E-state index contributed by atoms with van der Waals surface area (Å²) < 4.78 is 5.00. The van der Waals surface area contributed by atoms with E-state index < -0.39 is 0 Å². The van der Waals surface area contributed by atoms with Crippen molar-refractivity contribution in [3.63, 3.8) is 0 Å². The Labute approximate surface area is 103 Å². The second kappa shape index (κ2) is 8.62. The molecule has 0 saturated carbocycles. The van der Waals surface area contributed by atoms with Gasteiger partial charge in [-0.1, -0.05) is 37.3 Å². The molecule has 3 heteroatoms. The summed E-state index contributed by atoms with van der Waals surface area (Å²) in [5, 5.41) is 2.62. The molecule has 93 valence electrons. The number of hydrogen-bond donors (Lipinski definition) is 1. The molecule has 1 aromatic carbocycles. The second-order valence-electron chi connectivity index (χ2n) is 3.86. The molecule has 1 amide bonds. The van der Waals surface area contributed by atoms with Crippen molar-refractivity contribution >= 4 is 6.09 Å². The van der Waals surface area contributed by atoms with Crippen LogP contribution in [-0.2, 0) is 11.2 Å². The molecule has 3 nitrogen and oxygen atoms in total. The lowest BCUT2D eigenvalue weighted by atomic mass is 10.1. The fourth-order valence-corrected chi connectivity index (χ4v) is 1.48. The number of carbonyl (C=O) groups excluding carboxylic acids is 1. The first-order valence-electron chi connectivity index (χ1n) is 6.06. The molecule has 1 radical (unpaired) electrons. The van der Waals surface area contributed by atoms with Crippen LogP contribution >= 0.6 is 0 Å². The van der Waals surface area contributed by atoms with Crippen LogP contribution in [0.1, 0.15) is 24.8 Å². The van der Waals surface area contributed by atoms with Crippen molar-refractivity contribution in [3.05, 3.63) is 42.8 Å². The van der Waals surface area contributed by atoms with Crippen LogP contribution in [0, 0.1) is 6.92 Å².